The molecule has 0 unspecified atom stereocenters. The fourth-order valence-corrected chi connectivity index (χ4v) is 1.33. The van der Waals surface area contributed by atoms with Gasteiger partial charge in [0.05, 0.1) is 7.11 Å². The Balaban J connectivity index is 2.86. The van der Waals surface area contributed by atoms with Crippen LogP contribution in [0.2, 0.25) is 0 Å². The fraction of sp³-hybridized carbons (Fsp3) is 0.545. The molecule has 1 aromatic rings. The van der Waals surface area contributed by atoms with Crippen LogP contribution in [0, 0.1) is 6.92 Å². The molecule has 0 aromatic carbocycles. The van der Waals surface area contributed by atoms with Crippen LogP contribution in [0.5, 0.6) is 0 Å². The lowest BCUT2D eigenvalue weighted by atomic mass is 10.3. The standard InChI is InChI=1S/C11H17N3O2/c1-5-9-6-10(13-8(2)12-9)14(3)7-11(15)16-4/h6H,5,7H2,1-4H3. The summed E-state index contributed by atoms with van der Waals surface area (Å²) in [6, 6.07) is 1.88. The van der Waals surface area contributed by atoms with E-state index < -0.39 is 0 Å². The number of nitrogens with zero attached hydrogens (tertiary/aromatic N) is 3. The highest BCUT2D eigenvalue weighted by Crippen LogP contribution is 2.11. The number of anilines is 1. The first-order chi connectivity index (χ1) is 7.56. The minimum absolute atomic E-state index is 0.191. The van der Waals surface area contributed by atoms with Gasteiger partial charge in [0.25, 0.3) is 0 Å². The molecule has 88 valence electrons. The summed E-state index contributed by atoms with van der Waals surface area (Å²) >= 11 is 0. The lowest BCUT2D eigenvalue weighted by Crippen LogP contribution is -2.27. The Labute approximate surface area is 95.5 Å². The number of carbonyl (C=O) groups is 1. The Kier molecular flexibility index (Phi) is 4.22. The molecule has 0 aliphatic rings. The molecule has 1 rings (SSSR count). The summed E-state index contributed by atoms with van der Waals surface area (Å²) in [6.45, 7) is 4.07. The molecule has 0 aliphatic heterocycles. The van der Waals surface area contributed by atoms with E-state index in [4.69, 9.17) is 0 Å². The maximum Gasteiger partial charge on any atom is 0.325 e. The third-order valence-corrected chi connectivity index (χ3v) is 2.22. The Morgan fingerprint density at radius 2 is 2.19 bits per heavy atom. The van der Waals surface area contributed by atoms with Gasteiger partial charge in [0.15, 0.2) is 0 Å². The van der Waals surface area contributed by atoms with Crippen LogP contribution < -0.4 is 4.90 Å². The molecular formula is C11H17N3O2. The molecule has 0 amide bonds. The molecule has 1 heterocycles. The van der Waals surface area contributed by atoms with Crippen molar-refractivity contribution in [2.45, 2.75) is 20.3 Å². The summed E-state index contributed by atoms with van der Waals surface area (Å²) < 4.78 is 4.61. The topological polar surface area (TPSA) is 55.3 Å². The maximum atomic E-state index is 11.1. The van der Waals surface area contributed by atoms with Gasteiger partial charge < -0.3 is 9.64 Å². The largest absolute Gasteiger partial charge is 0.468 e. The van der Waals surface area contributed by atoms with Gasteiger partial charge >= 0.3 is 5.97 Å². The Morgan fingerprint density at radius 1 is 1.50 bits per heavy atom. The fourth-order valence-electron chi connectivity index (χ4n) is 1.33. The summed E-state index contributed by atoms with van der Waals surface area (Å²) in [5.41, 5.74) is 0.971. The van der Waals surface area contributed by atoms with Crippen LogP contribution in [0.4, 0.5) is 5.82 Å². The molecule has 0 spiro atoms. The lowest BCUT2D eigenvalue weighted by molar-refractivity contribution is -0.138. The third kappa shape index (κ3) is 3.18. The van der Waals surface area contributed by atoms with Crippen LogP contribution in [-0.2, 0) is 16.0 Å². The van der Waals surface area contributed by atoms with Crippen LogP contribution in [0.1, 0.15) is 18.4 Å². The quantitative estimate of drug-likeness (QED) is 0.711. The number of rotatable bonds is 4. The molecule has 0 saturated carbocycles. The van der Waals surface area contributed by atoms with E-state index in [1.54, 1.807) is 11.9 Å². The lowest BCUT2D eigenvalue weighted by Gasteiger charge is -2.17. The van der Waals surface area contributed by atoms with Gasteiger partial charge in [-0.1, -0.05) is 6.92 Å². The minimum Gasteiger partial charge on any atom is -0.468 e. The average Bonchev–Trinajstić information content (AvgIpc) is 2.27. The van der Waals surface area contributed by atoms with Crippen molar-refractivity contribution in [2.75, 3.05) is 25.6 Å². The molecule has 1 aromatic heterocycles. The Morgan fingerprint density at radius 3 is 2.75 bits per heavy atom. The first-order valence-corrected chi connectivity index (χ1v) is 5.19. The van der Waals surface area contributed by atoms with Crippen molar-refractivity contribution in [3.63, 3.8) is 0 Å². The highest BCUT2D eigenvalue weighted by atomic mass is 16.5. The molecule has 0 N–H and O–H groups in total. The normalized spacial score (nSPS) is 10.0. The number of hydrogen-bond donors (Lipinski definition) is 0. The zero-order valence-electron chi connectivity index (χ0n) is 10.1. The van der Waals surface area contributed by atoms with Gasteiger partial charge in [0.1, 0.15) is 18.2 Å². The van der Waals surface area contributed by atoms with Crippen molar-refractivity contribution in [1.29, 1.82) is 0 Å². The molecule has 0 aliphatic carbocycles. The number of methoxy groups -OCH3 is 1. The number of ether oxygens (including phenoxy) is 1. The van der Waals surface area contributed by atoms with Gasteiger partial charge in [-0.3, -0.25) is 4.79 Å². The highest BCUT2D eigenvalue weighted by Gasteiger charge is 2.10. The van der Waals surface area contributed by atoms with Gasteiger partial charge in [-0.25, -0.2) is 9.97 Å². The first-order valence-electron chi connectivity index (χ1n) is 5.19. The van der Waals surface area contributed by atoms with Gasteiger partial charge in [0.2, 0.25) is 0 Å². The number of hydrogen-bond acceptors (Lipinski definition) is 5. The van der Waals surface area contributed by atoms with Crippen molar-refractivity contribution in [3.05, 3.63) is 17.6 Å². The molecule has 0 radical (unpaired) electrons. The summed E-state index contributed by atoms with van der Waals surface area (Å²) in [5.74, 6) is 1.18. The van der Waals surface area contributed by atoms with Crippen LogP contribution in [0.3, 0.4) is 0 Å². The number of likely N-dealkylation sites (N-methyl/N-ethyl adjacent to an activating group) is 1. The van der Waals surface area contributed by atoms with E-state index in [1.807, 2.05) is 19.9 Å². The zero-order valence-corrected chi connectivity index (χ0v) is 10.1. The van der Waals surface area contributed by atoms with E-state index in [0.717, 1.165) is 17.9 Å². The van der Waals surface area contributed by atoms with Crippen molar-refractivity contribution < 1.29 is 9.53 Å². The van der Waals surface area contributed by atoms with E-state index >= 15 is 0 Å². The molecule has 0 fully saturated rings. The maximum absolute atomic E-state index is 11.1. The predicted molar refractivity (Wildman–Crippen MR) is 61.4 cm³/mol. The number of carbonyl (C=O) groups excluding carboxylic acids is 1. The summed E-state index contributed by atoms with van der Waals surface area (Å²) in [5, 5.41) is 0. The van der Waals surface area contributed by atoms with Crippen molar-refractivity contribution in [1.82, 2.24) is 9.97 Å². The predicted octanol–water partition coefficient (Wildman–Crippen LogP) is 0.957. The van der Waals surface area contributed by atoms with Crippen LogP contribution >= 0.6 is 0 Å². The van der Waals surface area contributed by atoms with E-state index in [1.165, 1.54) is 7.11 Å². The third-order valence-electron chi connectivity index (χ3n) is 2.22. The van der Waals surface area contributed by atoms with Crippen molar-refractivity contribution in [3.8, 4) is 0 Å². The molecule has 5 heteroatoms. The van der Waals surface area contributed by atoms with Crippen LogP contribution in [0.25, 0.3) is 0 Å². The van der Waals surface area contributed by atoms with Gasteiger partial charge in [-0.05, 0) is 13.3 Å². The van der Waals surface area contributed by atoms with E-state index in [-0.39, 0.29) is 12.5 Å². The molecule has 16 heavy (non-hydrogen) atoms. The SMILES string of the molecule is CCc1cc(N(C)CC(=O)OC)nc(C)n1. The molecular weight excluding hydrogens is 206 g/mol. The van der Waals surface area contributed by atoms with Gasteiger partial charge in [0, 0.05) is 18.8 Å². The summed E-state index contributed by atoms with van der Waals surface area (Å²) in [6.07, 6.45) is 0.850. The smallest absolute Gasteiger partial charge is 0.325 e. The Hall–Kier alpha value is -1.65. The van der Waals surface area contributed by atoms with E-state index in [9.17, 15) is 4.79 Å². The van der Waals surface area contributed by atoms with Crippen molar-refractivity contribution >= 4 is 11.8 Å². The summed E-state index contributed by atoms with van der Waals surface area (Å²) in [4.78, 5) is 21.4. The molecule has 5 nitrogen and oxygen atoms in total. The Bertz CT molecular complexity index is 379. The highest BCUT2D eigenvalue weighted by molar-refractivity contribution is 5.74. The zero-order chi connectivity index (χ0) is 12.1. The number of aromatic nitrogens is 2. The van der Waals surface area contributed by atoms with Gasteiger partial charge in [-0.15, -0.1) is 0 Å². The molecule has 0 saturated heterocycles. The summed E-state index contributed by atoms with van der Waals surface area (Å²) in [7, 11) is 3.18. The second-order valence-electron chi connectivity index (χ2n) is 3.55. The van der Waals surface area contributed by atoms with Crippen LogP contribution in [-0.4, -0.2) is 36.6 Å². The first kappa shape index (κ1) is 12.4. The molecule has 0 atom stereocenters. The second kappa shape index (κ2) is 5.44. The monoisotopic (exact) mass is 223 g/mol. The van der Waals surface area contributed by atoms with E-state index in [2.05, 4.69) is 14.7 Å². The van der Waals surface area contributed by atoms with Gasteiger partial charge in [-0.2, -0.15) is 0 Å². The van der Waals surface area contributed by atoms with Crippen LogP contribution in [0.15, 0.2) is 6.07 Å². The van der Waals surface area contributed by atoms with Crippen molar-refractivity contribution in [2.24, 2.45) is 0 Å². The second-order valence-corrected chi connectivity index (χ2v) is 3.55. The number of esters is 1. The molecule has 0 bridgehead atoms. The average molecular weight is 223 g/mol. The minimum atomic E-state index is -0.281. The van der Waals surface area contributed by atoms with E-state index in [0.29, 0.717) is 5.82 Å². The number of aryl methyl sites for hydroxylation is 2.